The molecule has 7 nitrogen and oxygen atoms in total. The third-order valence-corrected chi connectivity index (χ3v) is 10.9. The molecule has 0 aliphatic rings. The minimum atomic E-state index is 0.558. The zero-order valence-electron chi connectivity index (χ0n) is 30.8. The molecule has 0 spiro atoms. The Morgan fingerprint density at radius 1 is 0.345 bits per heavy atom. The van der Waals surface area contributed by atoms with Crippen molar-refractivity contribution in [2.45, 2.75) is 0 Å². The fourth-order valence-electron chi connectivity index (χ4n) is 8.29. The lowest BCUT2D eigenvalue weighted by atomic mass is 10.0. The lowest BCUT2D eigenvalue weighted by molar-refractivity contribution is 0.666. The van der Waals surface area contributed by atoms with Gasteiger partial charge in [0.25, 0.3) is 0 Å². The maximum Gasteiger partial charge on any atom is 0.164 e. The molecule has 4 aromatic heterocycles. The molecule has 0 aliphatic carbocycles. The quantitative estimate of drug-likeness (QED) is 0.168. The minimum absolute atomic E-state index is 0.558. The maximum absolute atomic E-state index is 6.68. The van der Waals surface area contributed by atoms with Gasteiger partial charge in [0, 0.05) is 54.7 Å². The molecule has 0 saturated heterocycles. The Balaban J connectivity index is 1.12. The number of aromatic nitrogens is 3. The first-order valence-electron chi connectivity index (χ1n) is 19.2. The molecule has 4 heterocycles. The molecule has 0 N–H and O–H groups in total. The molecule has 0 atom stereocenters. The number of furan rings is 3. The smallest absolute Gasteiger partial charge is 0.164 e. The first-order valence-corrected chi connectivity index (χ1v) is 19.2. The Morgan fingerprint density at radius 3 is 1.43 bits per heavy atom. The summed E-state index contributed by atoms with van der Waals surface area (Å²) in [5.74, 6) is 1.75. The van der Waals surface area contributed by atoms with Crippen molar-refractivity contribution >= 4 is 82.9 Å². The second kappa shape index (κ2) is 12.8. The van der Waals surface area contributed by atoms with E-state index in [9.17, 15) is 0 Å². The van der Waals surface area contributed by atoms with Crippen LogP contribution in [-0.2, 0) is 0 Å². The van der Waals surface area contributed by atoms with Crippen LogP contribution in [0.2, 0.25) is 0 Å². The molecule has 272 valence electrons. The minimum Gasteiger partial charge on any atom is -0.456 e. The number of rotatable bonds is 6. The number of hydrogen-bond donors (Lipinski definition) is 0. The summed E-state index contributed by atoms with van der Waals surface area (Å²) < 4.78 is 19.9. The average molecular weight is 747 g/mol. The van der Waals surface area contributed by atoms with Gasteiger partial charge in [0.2, 0.25) is 0 Å². The third kappa shape index (κ3) is 5.04. The van der Waals surface area contributed by atoms with Crippen molar-refractivity contribution in [1.29, 1.82) is 0 Å². The van der Waals surface area contributed by atoms with Gasteiger partial charge < -0.3 is 18.2 Å². The van der Waals surface area contributed by atoms with Crippen molar-refractivity contribution in [3.05, 3.63) is 182 Å². The summed E-state index contributed by atoms with van der Waals surface area (Å²) in [5, 5.41) is 6.01. The van der Waals surface area contributed by atoms with Crippen molar-refractivity contribution in [1.82, 2.24) is 15.0 Å². The van der Waals surface area contributed by atoms with E-state index < -0.39 is 0 Å². The number of para-hydroxylation sites is 4. The Bertz CT molecular complexity index is 3360. The highest BCUT2D eigenvalue weighted by Crippen LogP contribution is 2.47. The number of hydrogen-bond acceptors (Lipinski definition) is 7. The highest BCUT2D eigenvalue weighted by atomic mass is 16.3. The van der Waals surface area contributed by atoms with Gasteiger partial charge in [-0.25, -0.2) is 15.0 Å². The number of benzene rings is 8. The van der Waals surface area contributed by atoms with Crippen LogP contribution in [0.3, 0.4) is 0 Å². The zero-order chi connectivity index (χ0) is 38.2. The first-order chi connectivity index (χ1) is 28.7. The van der Waals surface area contributed by atoms with E-state index in [2.05, 4.69) is 71.6 Å². The molecule has 12 aromatic rings. The van der Waals surface area contributed by atoms with Crippen LogP contribution < -0.4 is 4.90 Å². The molecule has 12 rings (SSSR count). The Labute approximate surface area is 331 Å². The summed E-state index contributed by atoms with van der Waals surface area (Å²) in [7, 11) is 0. The molecule has 0 radical (unpaired) electrons. The lowest BCUT2D eigenvalue weighted by Crippen LogP contribution is -2.10. The third-order valence-electron chi connectivity index (χ3n) is 10.9. The predicted molar refractivity (Wildman–Crippen MR) is 233 cm³/mol. The van der Waals surface area contributed by atoms with Gasteiger partial charge >= 0.3 is 0 Å². The second-order valence-corrected chi connectivity index (χ2v) is 14.3. The van der Waals surface area contributed by atoms with E-state index in [1.54, 1.807) is 0 Å². The van der Waals surface area contributed by atoms with E-state index in [4.69, 9.17) is 28.2 Å². The van der Waals surface area contributed by atoms with Gasteiger partial charge in [0.1, 0.15) is 22.3 Å². The normalized spacial score (nSPS) is 11.8. The highest BCUT2D eigenvalue weighted by molar-refractivity contribution is 6.16. The van der Waals surface area contributed by atoms with Crippen LogP contribution in [0.25, 0.3) is 100.0 Å². The van der Waals surface area contributed by atoms with Crippen molar-refractivity contribution in [2.24, 2.45) is 0 Å². The van der Waals surface area contributed by atoms with Crippen molar-refractivity contribution in [3.8, 4) is 34.2 Å². The standard InChI is InChI=1S/C51H30N4O3/c1-3-14-31(15-4-1)49-52-50(32-16-5-2-6-17-32)54-51(53-49)38-22-13-27-45-46(38)39-30-33(28-29-44(39)56-45)55(40-23-11-20-36-34-18-7-9-25-42(34)57-47(36)40)41-24-12-21-37-35-19-8-10-26-43(35)58-48(37)41/h1-30H. The van der Waals surface area contributed by atoms with Crippen LogP contribution in [0.15, 0.2) is 195 Å². The van der Waals surface area contributed by atoms with Crippen molar-refractivity contribution in [2.75, 3.05) is 4.90 Å². The van der Waals surface area contributed by atoms with Crippen LogP contribution in [-0.4, -0.2) is 15.0 Å². The molecule has 58 heavy (non-hydrogen) atoms. The molecule has 0 saturated carbocycles. The predicted octanol–water partition coefficient (Wildman–Crippen LogP) is 14.0. The SMILES string of the molecule is c1ccc(-c2nc(-c3ccccc3)nc(-c3cccc4oc5ccc(N(c6cccc7c6oc6ccccc67)c6cccc7c6oc6ccccc67)cc5c34)n2)cc1. The van der Waals surface area contributed by atoms with Crippen molar-refractivity contribution in [3.63, 3.8) is 0 Å². The molecule has 8 aromatic carbocycles. The van der Waals surface area contributed by atoms with Crippen LogP contribution in [0.1, 0.15) is 0 Å². The Kier molecular flexibility index (Phi) is 7.09. The van der Waals surface area contributed by atoms with Gasteiger partial charge in [-0.15, -0.1) is 0 Å². The zero-order valence-corrected chi connectivity index (χ0v) is 30.8. The molecular formula is C51H30N4O3. The van der Waals surface area contributed by atoms with Crippen LogP contribution >= 0.6 is 0 Å². The summed E-state index contributed by atoms with van der Waals surface area (Å²) in [6, 6.07) is 61.4. The van der Waals surface area contributed by atoms with E-state index in [1.807, 2.05) is 115 Å². The monoisotopic (exact) mass is 746 g/mol. The van der Waals surface area contributed by atoms with E-state index >= 15 is 0 Å². The topological polar surface area (TPSA) is 81.3 Å². The van der Waals surface area contributed by atoms with Gasteiger partial charge in [-0.2, -0.15) is 0 Å². The maximum atomic E-state index is 6.68. The first kappa shape index (κ1) is 32.2. The number of nitrogens with zero attached hydrogens (tertiary/aromatic N) is 4. The van der Waals surface area contributed by atoms with Crippen molar-refractivity contribution < 1.29 is 13.3 Å². The molecule has 0 unspecified atom stereocenters. The fraction of sp³-hybridized carbons (Fsp3) is 0. The molecule has 0 bridgehead atoms. The summed E-state index contributed by atoms with van der Waals surface area (Å²) in [6.07, 6.45) is 0. The van der Waals surface area contributed by atoms with Crippen LogP contribution in [0.5, 0.6) is 0 Å². The van der Waals surface area contributed by atoms with Gasteiger partial charge in [-0.05, 0) is 48.5 Å². The van der Waals surface area contributed by atoms with Crippen LogP contribution in [0, 0.1) is 0 Å². The molecular weight excluding hydrogens is 717 g/mol. The van der Waals surface area contributed by atoms with Gasteiger partial charge in [0.05, 0.1) is 11.4 Å². The van der Waals surface area contributed by atoms with E-state index in [0.29, 0.717) is 17.5 Å². The largest absolute Gasteiger partial charge is 0.456 e. The summed E-state index contributed by atoms with van der Waals surface area (Å²) in [4.78, 5) is 17.4. The van der Waals surface area contributed by atoms with Gasteiger partial charge in [-0.1, -0.05) is 133 Å². The molecule has 0 fully saturated rings. The summed E-state index contributed by atoms with van der Waals surface area (Å²) in [5.41, 5.74) is 10.0. The molecule has 7 heteroatoms. The molecule has 0 aliphatic heterocycles. The summed E-state index contributed by atoms with van der Waals surface area (Å²) in [6.45, 7) is 0. The van der Waals surface area contributed by atoms with E-state index in [1.165, 1.54) is 0 Å². The average Bonchev–Trinajstić information content (AvgIpc) is 3.99. The highest BCUT2D eigenvalue weighted by Gasteiger charge is 2.25. The Hall–Kier alpha value is -8.03. The van der Waals surface area contributed by atoms with E-state index in [0.717, 1.165) is 99.6 Å². The molecule has 0 amide bonds. The lowest BCUT2D eigenvalue weighted by Gasteiger charge is -2.25. The summed E-state index contributed by atoms with van der Waals surface area (Å²) >= 11 is 0. The number of anilines is 3. The van der Waals surface area contributed by atoms with Gasteiger partial charge in [0.15, 0.2) is 28.6 Å². The number of fused-ring (bicyclic) bond motifs is 9. The van der Waals surface area contributed by atoms with E-state index in [-0.39, 0.29) is 0 Å². The second-order valence-electron chi connectivity index (χ2n) is 14.3. The van der Waals surface area contributed by atoms with Crippen LogP contribution in [0.4, 0.5) is 17.1 Å². The fourth-order valence-corrected chi connectivity index (χ4v) is 8.29. The Morgan fingerprint density at radius 2 is 0.828 bits per heavy atom. The van der Waals surface area contributed by atoms with Gasteiger partial charge in [-0.3, -0.25) is 0 Å².